The zero-order valence-corrected chi connectivity index (χ0v) is 18.5. The Kier molecular flexibility index (Phi) is 6.95. The van der Waals surface area contributed by atoms with Crippen molar-refractivity contribution in [3.63, 3.8) is 0 Å². The summed E-state index contributed by atoms with van der Waals surface area (Å²) in [5, 5.41) is 12.6. The molecule has 0 spiro atoms. The van der Waals surface area contributed by atoms with E-state index in [4.69, 9.17) is 44.9 Å². The van der Waals surface area contributed by atoms with Crippen LogP contribution in [0.5, 0.6) is 11.5 Å². The molecular weight excluding hydrogens is 431 g/mol. The Morgan fingerprint density at radius 3 is 2.69 bits per heavy atom. The lowest BCUT2D eigenvalue weighted by Crippen LogP contribution is -2.01. The summed E-state index contributed by atoms with van der Waals surface area (Å²) >= 11 is 17.4. The van der Waals surface area contributed by atoms with Crippen LogP contribution in [0.2, 0.25) is 10.0 Å². The highest BCUT2D eigenvalue weighted by Gasteiger charge is 2.10. The van der Waals surface area contributed by atoms with Crippen molar-refractivity contribution in [3.8, 4) is 11.5 Å². The Hall–Kier alpha value is -2.35. The number of nitrogens with one attached hydrogen (secondary N) is 1. The van der Waals surface area contributed by atoms with Crippen molar-refractivity contribution in [2.75, 3.05) is 7.11 Å². The third-order valence-corrected chi connectivity index (χ3v) is 4.95. The minimum atomic E-state index is 0.185. The van der Waals surface area contributed by atoms with Gasteiger partial charge in [-0.2, -0.15) is 14.9 Å². The van der Waals surface area contributed by atoms with Gasteiger partial charge in [-0.15, -0.1) is 0 Å². The van der Waals surface area contributed by atoms with Gasteiger partial charge in [0.2, 0.25) is 4.77 Å². The fourth-order valence-corrected chi connectivity index (χ4v) is 3.24. The third-order valence-electron chi connectivity index (χ3n) is 4.10. The summed E-state index contributed by atoms with van der Waals surface area (Å²) in [6.45, 7) is 4.35. The maximum absolute atomic E-state index is 6.20. The molecule has 9 heteroatoms. The highest BCUT2D eigenvalue weighted by atomic mass is 35.5. The number of ether oxygens (including phenoxy) is 2. The molecule has 3 rings (SSSR count). The van der Waals surface area contributed by atoms with Crippen LogP contribution in [0.25, 0.3) is 0 Å². The molecule has 0 unspecified atom stereocenters. The normalized spacial score (nSPS) is 11.4. The lowest BCUT2D eigenvalue weighted by Gasteiger charge is -2.12. The van der Waals surface area contributed by atoms with Gasteiger partial charge in [-0.05, 0) is 48.1 Å². The number of benzene rings is 2. The Labute approximate surface area is 184 Å². The molecular formula is C20H20Cl2N4O2S. The predicted molar refractivity (Wildman–Crippen MR) is 118 cm³/mol. The van der Waals surface area contributed by atoms with E-state index in [0.29, 0.717) is 32.9 Å². The molecule has 1 N–H and O–H groups in total. The van der Waals surface area contributed by atoms with Gasteiger partial charge in [-0.1, -0.05) is 43.1 Å². The fraction of sp³-hybridized carbons (Fsp3) is 0.250. The van der Waals surface area contributed by atoms with Gasteiger partial charge in [0.1, 0.15) is 6.61 Å². The van der Waals surface area contributed by atoms with E-state index in [9.17, 15) is 0 Å². The molecule has 0 saturated heterocycles. The zero-order valence-electron chi connectivity index (χ0n) is 16.1. The highest BCUT2D eigenvalue weighted by molar-refractivity contribution is 7.71. The van der Waals surface area contributed by atoms with E-state index in [1.807, 2.05) is 38.1 Å². The average molecular weight is 451 g/mol. The summed E-state index contributed by atoms with van der Waals surface area (Å²) in [6.07, 6.45) is 1.69. The van der Waals surface area contributed by atoms with Crippen LogP contribution in [0.3, 0.4) is 0 Å². The van der Waals surface area contributed by atoms with E-state index in [2.05, 4.69) is 15.3 Å². The summed E-state index contributed by atoms with van der Waals surface area (Å²) in [6, 6.07) is 10.8. The molecule has 0 saturated carbocycles. The number of aromatic nitrogens is 3. The van der Waals surface area contributed by atoms with Gasteiger partial charge in [0.25, 0.3) is 0 Å². The number of aromatic amines is 1. The van der Waals surface area contributed by atoms with Crippen molar-refractivity contribution >= 4 is 41.6 Å². The molecule has 1 heterocycles. The SMILES string of the molecule is COc1cc(/C=N\n2c(C(C)C)n[nH]c2=S)ccc1OCc1ccc(Cl)cc1Cl. The van der Waals surface area contributed by atoms with Crippen molar-refractivity contribution in [1.29, 1.82) is 0 Å². The quantitative estimate of drug-likeness (QED) is 0.362. The summed E-state index contributed by atoms with van der Waals surface area (Å²) in [7, 11) is 1.58. The van der Waals surface area contributed by atoms with Crippen molar-refractivity contribution in [1.82, 2.24) is 14.9 Å². The molecule has 6 nitrogen and oxygen atoms in total. The van der Waals surface area contributed by atoms with E-state index in [1.165, 1.54) is 0 Å². The van der Waals surface area contributed by atoms with Crippen LogP contribution in [0, 0.1) is 4.77 Å². The summed E-state index contributed by atoms with van der Waals surface area (Å²) < 4.78 is 13.4. The van der Waals surface area contributed by atoms with Gasteiger partial charge in [-0.3, -0.25) is 5.10 Å². The van der Waals surface area contributed by atoms with Crippen LogP contribution in [0.15, 0.2) is 41.5 Å². The lowest BCUT2D eigenvalue weighted by molar-refractivity contribution is 0.284. The van der Waals surface area contributed by atoms with E-state index < -0.39 is 0 Å². The van der Waals surface area contributed by atoms with Crippen LogP contribution in [-0.4, -0.2) is 28.2 Å². The van der Waals surface area contributed by atoms with Crippen LogP contribution in [0.4, 0.5) is 0 Å². The van der Waals surface area contributed by atoms with Crippen molar-refractivity contribution in [2.24, 2.45) is 5.10 Å². The van der Waals surface area contributed by atoms with E-state index in [1.54, 1.807) is 30.1 Å². The van der Waals surface area contributed by atoms with Gasteiger partial charge in [-0.25, -0.2) is 0 Å². The molecule has 3 aromatic rings. The Bertz CT molecular complexity index is 1090. The monoisotopic (exact) mass is 450 g/mol. The van der Waals surface area contributed by atoms with Crippen LogP contribution in [-0.2, 0) is 6.61 Å². The number of methoxy groups -OCH3 is 1. The second-order valence-electron chi connectivity index (χ2n) is 6.53. The number of halogens is 2. The van der Waals surface area contributed by atoms with Crippen molar-refractivity contribution in [2.45, 2.75) is 26.4 Å². The maximum Gasteiger partial charge on any atom is 0.216 e. The number of nitrogens with zero attached hydrogens (tertiary/aromatic N) is 3. The fourth-order valence-electron chi connectivity index (χ4n) is 2.59. The Balaban J connectivity index is 1.78. The topological polar surface area (TPSA) is 64.4 Å². The predicted octanol–water partition coefficient (Wildman–Crippen LogP) is 5.84. The standard InChI is InChI=1S/C20H20Cl2N4O2S/c1-12(2)19-24-25-20(29)26(19)23-10-13-4-7-17(18(8-13)27-3)28-11-14-5-6-15(21)9-16(14)22/h4-10,12H,11H2,1-3H3,(H,25,29)/b23-10-. The van der Waals surface area contributed by atoms with E-state index >= 15 is 0 Å². The Morgan fingerprint density at radius 2 is 2.00 bits per heavy atom. The number of hydrogen-bond acceptors (Lipinski definition) is 5. The summed E-state index contributed by atoms with van der Waals surface area (Å²) in [4.78, 5) is 0. The van der Waals surface area contributed by atoms with Crippen LogP contribution < -0.4 is 9.47 Å². The molecule has 152 valence electrons. The van der Waals surface area contributed by atoms with Gasteiger partial charge in [0, 0.05) is 21.5 Å². The molecule has 0 aliphatic carbocycles. The van der Waals surface area contributed by atoms with E-state index in [-0.39, 0.29) is 5.92 Å². The van der Waals surface area contributed by atoms with Gasteiger partial charge in [0.05, 0.1) is 13.3 Å². The number of H-pyrrole nitrogens is 1. The van der Waals surface area contributed by atoms with Crippen molar-refractivity contribution < 1.29 is 9.47 Å². The van der Waals surface area contributed by atoms with Gasteiger partial charge in [0.15, 0.2) is 17.3 Å². The van der Waals surface area contributed by atoms with Gasteiger partial charge < -0.3 is 9.47 Å². The molecule has 2 aromatic carbocycles. The number of rotatable bonds is 7. The van der Waals surface area contributed by atoms with Gasteiger partial charge >= 0.3 is 0 Å². The van der Waals surface area contributed by atoms with E-state index in [0.717, 1.165) is 17.0 Å². The highest BCUT2D eigenvalue weighted by Crippen LogP contribution is 2.30. The molecule has 0 aliphatic rings. The molecule has 0 amide bonds. The van der Waals surface area contributed by atoms with Crippen LogP contribution >= 0.6 is 35.4 Å². The maximum atomic E-state index is 6.20. The first-order valence-corrected chi connectivity index (χ1v) is 10.0. The summed E-state index contributed by atoms with van der Waals surface area (Å²) in [5.74, 6) is 2.13. The first-order valence-electron chi connectivity index (χ1n) is 8.85. The molecule has 0 radical (unpaired) electrons. The molecule has 29 heavy (non-hydrogen) atoms. The Morgan fingerprint density at radius 1 is 1.21 bits per heavy atom. The lowest BCUT2D eigenvalue weighted by atomic mass is 10.2. The second kappa shape index (κ2) is 9.43. The first kappa shape index (κ1) is 21.4. The minimum absolute atomic E-state index is 0.185. The molecule has 0 atom stereocenters. The molecule has 1 aromatic heterocycles. The molecule has 0 bridgehead atoms. The molecule has 0 fully saturated rings. The van der Waals surface area contributed by atoms with Crippen molar-refractivity contribution in [3.05, 3.63) is 68.2 Å². The number of hydrogen-bond donors (Lipinski definition) is 1. The second-order valence-corrected chi connectivity index (χ2v) is 7.76. The zero-order chi connectivity index (χ0) is 21.0. The third kappa shape index (κ3) is 5.18. The first-order chi connectivity index (χ1) is 13.9. The van der Waals surface area contributed by atoms with Crippen LogP contribution in [0.1, 0.15) is 36.7 Å². The summed E-state index contributed by atoms with van der Waals surface area (Å²) in [5.41, 5.74) is 1.66. The molecule has 0 aliphatic heterocycles. The largest absolute Gasteiger partial charge is 0.493 e. The average Bonchev–Trinajstić information content (AvgIpc) is 3.06. The minimum Gasteiger partial charge on any atom is -0.493 e. The smallest absolute Gasteiger partial charge is 0.216 e.